The van der Waals surface area contributed by atoms with Crippen LogP contribution in [0.15, 0.2) is 24.5 Å². The van der Waals surface area contributed by atoms with Crippen molar-refractivity contribution in [3.8, 4) is 10.4 Å². The zero-order chi connectivity index (χ0) is 11.5. The van der Waals surface area contributed by atoms with Crippen LogP contribution < -0.4 is 5.32 Å². The summed E-state index contributed by atoms with van der Waals surface area (Å²) in [4.78, 5) is 20.6. The fourth-order valence-corrected chi connectivity index (χ4v) is 2.34. The van der Waals surface area contributed by atoms with Crippen LogP contribution in [0.5, 0.6) is 0 Å². The maximum atomic E-state index is 11.5. The fourth-order valence-electron chi connectivity index (χ4n) is 1.36. The summed E-state index contributed by atoms with van der Waals surface area (Å²) in [5.74, 6) is -0.0236. The second-order valence-corrected chi connectivity index (χ2v) is 4.24. The van der Waals surface area contributed by atoms with Crippen LogP contribution in [0, 0.1) is 0 Å². The quantitative estimate of drug-likeness (QED) is 0.827. The molecule has 0 amide bonds. The first kappa shape index (κ1) is 10.8. The molecule has 0 spiro atoms. The zero-order valence-corrected chi connectivity index (χ0v) is 9.84. The Morgan fingerprint density at radius 2 is 2.06 bits per heavy atom. The normalized spacial score (nSPS) is 10.1. The van der Waals surface area contributed by atoms with Gasteiger partial charge >= 0.3 is 0 Å². The molecule has 0 aromatic carbocycles. The van der Waals surface area contributed by atoms with Crippen molar-refractivity contribution >= 4 is 22.3 Å². The summed E-state index contributed by atoms with van der Waals surface area (Å²) in [5.41, 5.74) is 1.49. The minimum Gasteiger partial charge on any atom is -0.365 e. The van der Waals surface area contributed by atoms with Gasteiger partial charge in [-0.2, -0.15) is 0 Å². The number of Topliss-reactive ketones (excluding diaryl/α,β-unsaturated/α-hetero) is 1. The van der Waals surface area contributed by atoms with Gasteiger partial charge in [-0.05, 0) is 17.7 Å². The molecular formula is C11H11N3OS. The maximum absolute atomic E-state index is 11.5. The number of aromatic nitrogens is 2. The molecule has 2 heterocycles. The molecule has 0 fully saturated rings. The van der Waals surface area contributed by atoms with E-state index in [1.54, 1.807) is 19.4 Å². The Bertz CT molecular complexity index is 507. The molecule has 2 aromatic rings. The Morgan fingerprint density at radius 3 is 2.62 bits per heavy atom. The van der Waals surface area contributed by atoms with Gasteiger partial charge in [0.15, 0.2) is 10.9 Å². The molecule has 16 heavy (non-hydrogen) atoms. The highest BCUT2D eigenvalue weighted by Gasteiger charge is 2.15. The number of ketones is 1. The lowest BCUT2D eigenvalue weighted by Gasteiger charge is -1.97. The second-order valence-electron chi connectivity index (χ2n) is 3.24. The van der Waals surface area contributed by atoms with Gasteiger partial charge in [0.2, 0.25) is 0 Å². The van der Waals surface area contributed by atoms with Crippen LogP contribution in [-0.4, -0.2) is 22.8 Å². The standard InChI is InChI=1S/C11H11N3OS/c1-7(15)9-10(16-11(12-2)14-9)8-3-5-13-6-4-8/h3-6H,1-2H3,(H,12,14). The first-order valence-electron chi connectivity index (χ1n) is 4.82. The topological polar surface area (TPSA) is 54.9 Å². The molecule has 0 atom stereocenters. The Morgan fingerprint density at radius 1 is 1.38 bits per heavy atom. The number of carbonyl (C=O) groups excluding carboxylic acids is 1. The van der Waals surface area contributed by atoms with Crippen molar-refractivity contribution in [1.82, 2.24) is 9.97 Å². The second kappa shape index (κ2) is 4.40. The lowest BCUT2D eigenvalue weighted by atomic mass is 10.1. The third kappa shape index (κ3) is 1.94. The van der Waals surface area contributed by atoms with Crippen molar-refractivity contribution in [3.05, 3.63) is 30.2 Å². The Kier molecular flexibility index (Phi) is 2.96. The molecule has 0 aliphatic heterocycles. The van der Waals surface area contributed by atoms with Crippen LogP contribution in [0.3, 0.4) is 0 Å². The number of rotatable bonds is 3. The summed E-state index contributed by atoms with van der Waals surface area (Å²) in [6, 6.07) is 3.75. The van der Waals surface area contributed by atoms with E-state index in [9.17, 15) is 4.79 Å². The Labute approximate surface area is 97.4 Å². The predicted molar refractivity (Wildman–Crippen MR) is 64.9 cm³/mol. The van der Waals surface area contributed by atoms with Gasteiger partial charge in [-0.25, -0.2) is 4.98 Å². The van der Waals surface area contributed by atoms with E-state index in [2.05, 4.69) is 15.3 Å². The summed E-state index contributed by atoms with van der Waals surface area (Å²) in [6.07, 6.45) is 3.41. The maximum Gasteiger partial charge on any atom is 0.183 e. The number of nitrogens with zero attached hydrogens (tertiary/aromatic N) is 2. The largest absolute Gasteiger partial charge is 0.365 e. The van der Waals surface area contributed by atoms with Gasteiger partial charge in [-0.15, -0.1) is 0 Å². The van der Waals surface area contributed by atoms with E-state index in [1.807, 2.05) is 12.1 Å². The van der Waals surface area contributed by atoms with Crippen molar-refractivity contribution in [2.75, 3.05) is 12.4 Å². The molecule has 0 aliphatic rings. The molecule has 0 unspecified atom stereocenters. The summed E-state index contributed by atoms with van der Waals surface area (Å²) in [5, 5.41) is 3.70. The van der Waals surface area contributed by atoms with Gasteiger partial charge in [0.25, 0.3) is 0 Å². The van der Waals surface area contributed by atoms with E-state index in [0.717, 1.165) is 15.6 Å². The van der Waals surface area contributed by atoms with Gasteiger partial charge in [-0.3, -0.25) is 9.78 Å². The molecule has 1 N–H and O–H groups in total. The van der Waals surface area contributed by atoms with Crippen molar-refractivity contribution in [3.63, 3.8) is 0 Å². The average Bonchev–Trinajstić information content (AvgIpc) is 2.74. The molecule has 82 valence electrons. The van der Waals surface area contributed by atoms with E-state index in [-0.39, 0.29) is 5.78 Å². The number of carbonyl (C=O) groups is 1. The minimum absolute atomic E-state index is 0.0236. The third-order valence-corrected chi connectivity index (χ3v) is 3.24. The van der Waals surface area contributed by atoms with Crippen LogP contribution in [0.1, 0.15) is 17.4 Å². The Balaban J connectivity index is 2.55. The van der Waals surface area contributed by atoms with E-state index < -0.39 is 0 Å². The zero-order valence-electron chi connectivity index (χ0n) is 9.02. The number of hydrogen-bond acceptors (Lipinski definition) is 5. The van der Waals surface area contributed by atoms with E-state index in [0.29, 0.717) is 5.69 Å². The van der Waals surface area contributed by atoms with Crippen LogP contribution >= 0.6 is 11.3 Å². The highest BCUT2D eigenvalue weighted by atomic mass is 32.1. The van der Waals surface area contributed by atoms with Crippen LogP contribution in [0.2, 0.25) is 0 Å². The minimum atomic E-state index is -0.0236. The molecule has 0 saturated carbocycles. The van der Waals surface area contributed by atoms with Crippen molar-refractivity contribution in [2.45, 2.75) is 6.92 Å². The molecule has 0 radical (unpaired) electrons. The van der Waals surface area contributed by atoms with Gasteiger partial charge in [-0.1, -0.05) is 11.3 Å². The van der Waals surface area contributed by atoms with E-state index in [1.165, 1.54) is 18.3 Å². The molecular weight excluding hydrogens is 222 g/mol. The summed E-state index contributed by atoms with van der Waals surface area (Å²) < 4.78 is 0. The van der Waals surface area contributed by atoms with Crippen molar-refractivity contribution < 1.29 is 4.79 Å². The molecule has 2 aromatic heterocycles. The number of pyridine rings is 1. The number of hydrogen-bond donors (Lipinski definition) is 1. The molecule has 4 nitrogen and oxygen atoms in total. The van der Waals surface area contributed by atoms with Gasteiger partial charge < -0.3 is 5.32 Å². The lowest BCUT2D eigenvalue weighted by molar-refractivity contribution is 0.101. The summed E-state index contributed by atoms with van der Waals surface area (Å²) in [7, 11) is 1.79. The SMILES string of the molecule is CNc1nc(C(C)=O)c(-c2ccncc2)s1. The molecule has 2 rings (SSSR count). The number of thiazole rings is 1. The lowest BCUT2D eigenvalue weighted by Crippen LogP contribution is -1.95. The monoisotopic (exact) mass is 233 g/mol. The summed E-state index contributed by atoms with van der Waals surface area (Å²) in [6.45, 7) is 1.53. The summed E-state index contributed by atoms with van der Waals surface area (Å²) >= 11 is 1.47. The first-order chi connectivity index (χ1) is 7.72. The molecule has 0 bridgehead atoms. The molecule has 5 heteroatoms. The fraction of sp³-hybridized carbons (Fsp3) is 0.182. The number of anilines is 1. The van der Waals surface area contributed by atoms with Crippen molar-refractivity contribution in [2.24, 2.45) is 0 Å². The highest BCUT2D eigenvalue weighted by molar-refractivity contribution is 7.19. The van der Waals surface area contributed by atoms with Crippen LogP contribution in [-0.2, 0) is 0 Å². The van der Waals surface area contributed by atoms with Gasteiger partial charge in [0.1, 0.15) is 5.69 Å². The highest BCUT2D eigenvalue weighted by Crippen LogP contribution is 2.32. The van der Waals surface area contributed by atoms with Gasteiger partial charge in [0.05, 0.1) is 4.88 Å². The van der Waals surface area contributed by atoms with Crippen LogP contribution in [0.25, 0.3) is 10.4 Å². The van der Waals surface area contributed by atoms with Crippen molar-refractivity contribution in [1.29, 1.82) is 0 Å². The first-order valence-corrected chi connectivity index (χ1v) is 5.64. The average molecular weight is 233 g/mol. The smallest absolute Gasteiger partial charge is 0.183 e. The third-order valence-electron chi connectivity index (χ3n) is 2.12. The predicted octanol–water partition coefficient (Wildman–Crippen LogP) is 2.45. The van der Waals surface area contributed by atoms with E-state index in [4.69, 9.17) is 0 Å². The molecule has 0 saturated heterocycles. The number of nitrogens with one attached hydrogen (secondary N) is 1. The van der Waals surface area contributed by atoms with Gasteiger partial charge in [0, 0.05) is 26.4 Å². The van der Waals surface area contributed by atoms with Crippen LogP contribution in [0.4, 0.5) is 5.13 Å². The Hall–Kier alpha value is -1.75. The molecule has 0 aliphatic carbocycles. The van der Waals surface area contributed by atoms with E-state index >= 15 is 0 Å².